The molecule has 0 fully saturated rings. The number of hydrogen-bond acceptors (Lipinski definition) is 3. The van der Waals surface area contributed by atoms with E-state index in [1.54, 1.807) is 18.2 Å². The molecule has 0 atom stereocenters. The first-order chi connectivity index (χ1) is 17.7. The fourth-order valence-electron chi connectivity index (χ4n) is 4.54. The molecule has 206 valence electrons. The van der Waals surface area contributed by atoms with Crippen LogP contribution in [-0.2, 0) is 11.3 Å². The predicted octanol–water partition coefficient (Wildman–Crippen LogP) is 9.40. The summed E-state index contributed by atoms with van der Waals surface area (Å²) in [5.41, 5.74) is 0.925. The van der Waals surface area contributed by atoms with Gasteiger partial charge in [0.1, 0.15) is 0 Å². The van der Waals surface area contributed by atoms with Crippen molar-refractivity contribution in [1.82, 2.24) is 5.32 Å². The van der Waals surface area contributed by atoms with Gasteiger partial charge in [0.15, 0.2) is 11.5 Å². The Bertz CT molecular complexity index is 686. The molecule has 1 aromatic rings. The number of carbonyl (C=O) groups excluding carboxylic acids is 1. The van der Waals surface area contributed by atoms with Crippen LogP contribution in [0.15, 0.2) is 30.4 Å². The maximum absolute atomic E-state index is 12.0. The minimum atomic E-state index is 0.0929. The van der Waals surface area contributed by atoms with Crippen molar-refractivity contribution in [2.75, 3.05) is 7.11 Å². The van der Waals surface area contributed by atoms with E-state index in [0.29, 0.717) is 18.7 Å². The van der Waals surface area contributed by atoms with Crippen LogP contribution >= 0.6 is 0 Å². The van der Waals surface area contributed by atoms with E-state index in [1.165, 1.54) is 116 Å². The van der Waals surface area contributed by atoms with Crippen molar-refractivity contribution in [3.63, 3.8) is 0 Å². The summed E-state index contributed by atoms with van der Waals surface area (Å²) in [7, 11) is 1.52. The minimum Gasteiger partial charge on any atom is -0.504 e. The monoisotopic (exact) mass is 501 g/mol. The number of phenolic OH excluding ortho intramolecular Hbond substituents is 1. The zero-order chi connectivity index (χ0) is 26.1. The van der Waals surface area contributed by atoms with Crippen LogP contribution in [0.5, 0.6) is 11.5 Å². The average Bonchev–Trinajstić information content (AvgIpc) is 2.89. The molecule has 0 saturated carbocycles. The number of nitrogens with one attached hydrogen (secondary N) is 1. The summed E-state index contributed by atoms with van der Waals surface area (Å²) in [6, 6.07) is 5.15. The van der Waals surface area contributed by atoms with Crippen LogP contribution in [0.3, 0.4) is 0 Å². The molecule has 0 aliphatic carbocycles. The fourth-order valence-corrected chi connectivity index (χ4v) is 4.54. The Morgan fingerprint density at radius 2 is 1.28 bits per heavy atom. The normalized spacial score (nSPS) is 11.3. The number of benzene rings is 1. The molecule has 36 heavy (non-hydrogen) atoms. The molecule has 0 aliphatic rings. The van der Waals surface area contributed by atoms with Crippen LogP contribution in [0.2, 0.25) is 0 Å². The van der Waals surface area contributed by atoms with Gasteiger partial charge in [-0.2, -0.15) is 0 Å². The molecule has 0 bridgehead atoms. The van der Waals surface area contributed by atoms with Gasteiger partial charge in [-0.05, 0) is 49.8 Å². The number of hydrogen-bond donors (Lipinski definition) is 2. The second-order valence-corrected chi connectivity index (χ2v) is 10.2. The van der Waals surface area contributed by atoms with Gasteiger partial charge >= 0.3 is 0 Å². The van der Waals surface area contributed by atoms with E-state index in [0.717, 1.165) is 18.4 Å². The number of methoxy groups -OCH3 is 1. The van der Waals surface area contributed by atoms with Crippen molar-refractivity contribution in [3.8, 4) is 11.5 Å². The van der Waals surface area contributed by atoms with Crippen molar-refractivity contribution in [3.05, 3.63) is 35.9 Å². The summed E-state index contributed by atoms with van der Waals surface area (Å²) in [6.07, 6.45) is 30.5. The Morgan fingerprint density at radius 3 is 1.81 bits per heavy atom. The molecule has 0 radical (unpaired) electrons. The van der Waals surface area contributed by atoms with E-state index < -0.39 is 0 Å². The number of phenols is 1. The molecule has 1 rings (SSSR count). The van der Waals surface area contributed by atoms with Gasteiger partial charge in [-0.3, -0.25) is 4.79 Å². The smallest absolute Gasteiger partial charge is 0.220 e. The predicted molar refractivity (Wildman–Crippen MR) is 154 cm³/mol. The van der Waals surface area contributed by atoms with Crippen molar-refractivity contribution in [1.29, 1.82) is 0 Å². The highest BCUT2D eigenvalue weighted by Gasteiger charge is 2.05. The van der Waals surface area contributed by atoms with Crippen LogP contribution in [0, 0.1) is 0 Å². The van der Waals surface area contributed by atoms with Crippen LogP contribution in [0.4, 0.5) is 0 Å². The minimum absolute atomic E-state index is 0.0929. The molecule has 1 aromatic carbocycles. The second-order valence-electron chi connectivity index (χ2n) is 10.2. The Hall–Kier alpha value is -1.97. The van der Waals surface area contributed by atoms with Crippen molar-refractivity contribution in [2.45, 2.75) is 142 Å². The molecule has 1 amide bonds. The van der Waals surface area contributed by atoms with Gasteiger partial charge in [-0.1, -0.05) is 115 Å². The van der Waals surface area contributed by atoms with E-state index >= 15 is 0 Å². The number of rotatable bonds is 24. The number of ether oxygens (including phenoxy) is 1. The lowest BCUT2D eigenvalue weighted by molar-refractivity contribution is -0.121. The molecular weight excluding hydrogens is 446 g/mol. The summed E-state index contributed by atoms with van der Waals surface area (Å²) < 4.78 is 5.10. The molecule has 0 saturated heterocycles. The van der Waals surface area contributed by atoms with Crippen LogP contribution in [-0.4, -0.2) is 18.1 Å². The Morgan fingerprint density at radius 1 is 0.778 bits per heavy atom. The summed E-state index contributed by atoms with van der Waals surface area (Å²) >= 11 is 0. The molecule has 4 heteroatoms. The molecule has 0 unspecified atom stereocenters. The van der Waals surface area contributed by atoms with E-state index in [4.69, 9.17) is 4.74 Å². The van der Waals surface area contributed by atoms with Crippen molar-refractivity contribution < 1.29 is 14.6 Å². The summed E-state index contributed by atoms with van der Waals surface area (Å²) in [6.45, 7) is 2.74. The first-order valence-corrected chi connectivity index (χ1v) is 14.9. The number of aromatic hydroxyl groups is 1. The van der Waals surface area contributed by atoms with E-state index in [-0.39, 0.29) is 11.7 Å². The third-order valence-corrected chi connectivity index (χ3v) is 6.90. The summed E-state index contributed by atoms with van der Waals surface area (Å²) in [4.78, 5) is 12.0. The Kier molecular flexibility index (Phi) is 20.9. The maximum atomic E-state index is 12.0. The lowest BCUT2D eigenvalue weighted by atomic mass is 10.0. The number of unbranched alkanes of at least 4 members (excludes halogenated alkanes) is 17. The molecule has 0 spiro atoms. The van der Waals surface area contributed by atoms with Gasteiger partial charge in [-0.15, -0.1) is 0 Å². The number of amides is 1. The highest BCUT2D eigenvalue weighted by Crippen LogP contribution is 2.26. The third-order valence-electron chi connectivity index (χ3n) is 6.90. The van der Waals surface area contributed by atoms with Gasteiger partial charge in [0.25, 0.3) is 0 Å². The number of allylic oxidation sites excluding steroid dienone is 2. The van der Waals surface area contributed by atoms with Crippen LogP contribution in [0.1, 0.15) is 141 Å². The van der Waals surface area contributed by atoms with E-state index in [9.17, 15) is 9.90 Å². The van der Waals surface area contributed by atoms with Gasteiger partial charge in [0, 0.05) is 13.0 Å². The largest absolute Gasteiger partial charge is 0.504 e. The molecule has 4 nitrogen and oxygen atoms in total. The Balaban J connectivity index is 1.81. The first-order valence-electron chi connectivity index (χ1n) is 14.9. The summed E-state index contributed by atoms with van der Waals surface area (Å²) in [5.74, 6) is 0.642. The standard InChI is InChI=1S/C32H55NO3/c1-3-4-5-6-7-8-9-10-11-12-13-14-15-16-17-18-19-20-21-22-23-24-32(35)33-28-29-25-26-30(34)31(27-29)36-2/h10-11,25-27,34H,3-9,12-24,28H2,1-2H3,(H,33,35)/b11-10-. The molecule has 2 N–H and O–H groups in total. The number of carbonyl (C=O) groups is 1. The quantitative estimate of drug-likeness (QED) is 0.110. The van der Waals surface area contributed by atoms with E-state index in [2.05, 4.69) is 24.4 Å². The topological polar surface area (TPSA) is 58.6 Å². The van der Waals surface area contributed by atoms with Gasteiger partial charge < -0.3 is 15.2 Å². The fraction of sp³-hybridized carbons (Fsp3) is 0.719. The van der Waals surface area contributed by atoms with Crippen LogP contribution in [0.25, 0.3) is 0 Å². The lowest BCUT2D eigenvalue weighted by Crippen LogP contribution is -2.22. The zero-order valence-corrected chi connectivity index (χ0v) is 23.5. The van der Waals surface area contributed by atoms with Gasteiger partial charge in [0.2, 0.25) is 5.91 Å². The van der Waals surface area contributed by atoms with E-state index in [1.807, 2.05) is 0 Å². The van der Waals surface area contributed by atoms with Gasteiger partial charge in [0.05, 0.1) is 7.11 Å². The second kappa shape index (κ2) is 23.4. The maximum Gasteiger partial charge on any atom is 0.220 e. The van der Waals surface area contributed by atoms with Crippen molar-refractivity contribution in [2.24, 2.45) is 0 Å². The highest BCUT2D eigenvalue weighted by molar-refractivity contribution is 5.75. The third kappa shape index (κ3) is 18.3. The SMILES string of the molecule is CCCCCCCC/C=C\CCCCCCCCCCCCCC(=O)NCc1ccc(O)c(OC)c1. The molecule has 0 heterocycles. The lowest BCUT2D eigenvalue weighted by Gasteiger charge is -2.08. The highest BCUT2D eigenvalue weighted by atomic mass is 16.5. The zero-order valence-electron chi connectivity index (χ0n) is 23.5. The molecule has 0 aliphatic heterocycles. The Labute approximate surface area is 222 Å². The molecular formula is C32H55NO3. The first kappa shape index (κ1) is 32.1. The van der Waals surface area contributed by atoms with Gasteiger partial charge in [-0.25, -0.2) is 0 Å². The van der Waals surface area contributed by atoms with Crippen LogP contribution < -0.4 is 10.1 Å². The molecule has 0 aromatic heterocycles. The van der Waals surface area contributed by atoms with Crippen molar-refractivity contribution >= 4 is 5.91 Å². The average molecular weight is 502 g/mol. The summed E-state index contributed by atoms with van der Waals surface area (Å²) in [5, 5.41) is 12.6.